The highest BCUT2D eigenvalue weighted by molar-refractivity contribution is 5.73. The molecule has 0 radical (unpaired) electrons. The summed E-state index contributed by atoms with van der Waals surface area (Å²) in [5, 5.41) is 0. The maximum absolute atomic E-state index is 2.44. The van der Waals surface area contributed by atoms with E-state index in [0.29, 0.717) is 0 Å². The monoisotopic (exact) mass is 328 g/mol. The molecule has 2 aliphatic carbocycles. The predicted molar refractivity (Wildman–Crippen MR) is 109 cm³/mol. The van der Waals surface area contributed by atoms with Crippen molar-refractivity contribution < 1.29 is 0 Å². The second kappa shape index (κ2) is 7.87. The molecular weight excluding hydrogens is 300 g/mol. The summed E-state index contributed by atoms with van der Waals surface area (Å²) in [7, 11) is 0. The molecule has 128 valence electrons. The number of hydrogen-bond donors (Lipinski definition) is 0. The molecule has 0 nitrogen and oxygen atoms in total. The molecule has 25 heavy (non-hydrogen) atoms. The zero-order valence-corrected chi connectivity index (χ0v) is 15.1. The van der Waals surface area contributed by atoms with Gasteiger partial charge in [0.25, 0.3) is 0 Å². The number of fused-ring (bicyclic) bond motifs is 2. The van der Waals surface area contributed by atoms with Crippen LogP contribution in [0.2, 0.25) is 0 Å². The van der Waals surface area contributed by atoms with Crippen LogP contribution in [0.3, 0.4) is 0 Å². The molecule has 0 spiro atoms. The van der Waals surface area contributed by atoms with Gasteiger partial charge in [-0.15, -0.1) is 0 Å². The molecule has 0 aliphatic heterocycles. The van der Waals surface area contributed by atoms with Crippen LogP contribution in [-0.4, -0.2) is 0 Å². The van der Waals surface area contributed by atoms with Crippen LogP contribution in [-0.2, 0) is 12.8 Å². The molecule has 0 amide bonds. The van der Waals surface area contributed by atoms with E-state index in [1.807, 2.05) is 0 Å². The Morgan fingerprint density at radius 2 is 0.960 bits per heavy atom. The minimum Gasteiger partial charge on any atom is -0.0763 e. The Kier molecular flexibility index (Phi) is 5.16. The molecule has 0 bridgehead atoms. The molecule has 0 saturated heterocycles. The number of rotatable bonds is 8. The Morgan fingerprint density at radius 3 is 1.48 bits per heavy atom. The van der Waals surface area contributed by atoms with E-state index in [4.69, 9.17) is 0 Å². The van der Waals surface area contributed by atoms with Gasteiger partial charge in [-0.3, -0.25) is 0 Å². The molecule has 2 aliphatic rings. The molecule has 2 aromatic rings. The summed E-state index contributed by atoms with van der Waals surface area (Å²) in [6, 6.07) is 17.8. The van der Waals surface area contributed by atoms with Gasteiger partial charge in [0.2, 0.25) is 0 Å². The SMILES string of the molecule is C1=C(CCCCCCCC2=CCc3ccccc32)c2ccccc2C1. The molecule has 0 saturated carbocycles. The van der Waals surface area contributed by atoms with Gasteiger partial charge >= 0.3 is 0 Å². The van der Waals surface area contributed by atoms with Gasteiger partial charge in [-0.2, -0.15) is 0 Å². The fourth-order valence-electron chi connectivity index (χ4n) is 4.34. The van der Waals surface area contributed by atoms with Crippen molar-refractivity contribution in [2.75, 3.05) is 0 Å². The van der Waals surface area contributed by atoms with E-state index in [2.05, 4.69) is 60.7 Å². The van der Waals surface area contributed by atoms with E-state index in [0.717, 1.165) is 12.8 Å². The normalized spacial score (nSPS) is 14.9. The van der Waals surface area contributed by atoms with Crippen molar-refractivity contribution in [2.45, 2.75) is 57.8 Å². The van der Waals surface area contributed by atoms with Crippen LogP contribution < -0.4 is 0 Å². The first-order chi connectivity index (χ1) is 12.4. The average Bonchev–Trinajstić information content (AvgIpc) is 3.25. The first-order valence-corrected chi connectivity index (χ1v) is 9.96. The van der Waals surface area contributed by atoms with E-state index in [1.165, 1.54) is 67.2 Å². The number of allylic oxidation sites excluding steroid dienone is 4. The first kappa shape index (κ1) is 16.4. The lowest BCUT2D eigenvalue weighted by molar-refractivity contribution is 0.627. The van der Waals surface area contributed by atoms with Gasteiger partial charge in [0.1, 0.15) is 0 Å². The molecule has 0 atom stereocenters. The van der Waals surface area contributed by atoms with Crippen molar-refractivity contribution >= 4 is 11.1 Å². The van der Waals surface area contributed by atoms with Gasteiger partial charge in [0.05, 0.1) is 0 Å². The van der Waals surface area contributed by atoms with Gasteiger partial charge in [0.15, 0.2) is 0 Å². The van der Waals surface area contributed by atoms with Gasteiger partial charge in [-0.05, 0) is 71.9 Å². The lowest BCUT2D eigenvalue weighted by Gasteiger charge is -2.07. The summed E-state index contributed by atoms with van der Waals surface area (Å²) in [6.45, 7) is 0. The Bertz CT molecular complexity index is 724. The Hall–Kier alpha value is -2.08. The van der Waals surface area contributed by atoms with E-state index in [-0.39, 0.29) is 0 Å². The fourth-order valence-corrected chi connectivity index (χ4v) is 4.34. The Morgan fingerprint density at radius 1 is 0.520 bits per heavy atom. The summed E-state index contributed by atoms with van der Waals surface area (Å²) in [5.41, 5.74) is 9.22. The molecule has 0 fully saturated rings. The second-order valence-electron chi connectivity index (χ2n) is 7.45. The van der Waals surface area contributed by atoms with Gasteiger partial charge in [0, 0.05) is 0 Å². The maximum Gasteiger partial charge on any atom is -0.00854 e. The van der Waals surface area contributed by atoms with Crippen molar-refractivity contribution in [1.29, 1.82) is 0 Å². The molecule has 0 unspecified atom stereocenters. The largest absolute Gasteiger partial charge is 0.0763 e. The molecular formula is C25H28. The number of hydrogen-bond acceptors (Lipinski definition) is 0. The van der Waals surface area contributed by atoms with Crippen LogP contribution in [0.25, 0.3) is 11.1 Å². The highest BCUT2D eigenvalue weighted by atomic mass is 14.2. The highest BCUT2D eigenvalue weighted by Crippen LogP contribution is 2.32. The average molecular weight is 328 g/mol. The van der Waals surface area contributed by atoms with Gasteiger partial charge in [-0.1, -0.05) is 79.9 Å². The summed E-state index contributed by atoms with van der Waals surface area (Å²) in [6.07, 6.45) is 16.5. The lowest BCUT2D eigenvalue weighted by Crippen LogP contribution is -1.87. The molecule has 4 rings (SSSR count). The first-order valence-electron chi connectivity index (χ1n) is 9.96. The minimum absolute atomic E-state index is 1.14. The predicted octanol–water partition coefficient (Wildman–Crippen LogP) is 7.00. The van der Waals surface area contributed by atoms with E-state index < -0.39 is 0 Å². The van der Waals surface area contributed by atoms with Crippen LogP contribution in [0.1, 0.15) is 67.2 Å². The van der Waals surface area contributed by atoms with Crippen LogP contribution in [0.4, 0.5) is 0 Å². The van der Waals surface area contributed by atoms with Crippen molar-refractivity contribution in [3.05, 3.63) is 82.9 Å². The molecule has 0 heteroatoms. The fraction of sp³-hybridized carbons (Fsp3) is 0.360. The van der Waals surface area contributed by atoms with Crippen molar-refractivity contribution in [1.82, 2.24) is 0 Å². The quantitative estimate of drug-likeness (QED) is 0.458. The van der Waals surface area contributed by atoms with Crippen LogP contribution in [0, 0.1) is 0 Å². The van der Waals surface area contributed by atoms with E-state index in [9.17, 15) is 0 Å². The third kappa shape index (κ3) is 3.79. The van der Waals surface area contributed by atoms with Crippen LogP contribution in [0.5, 0.6) is 0 Å². The summed E-state index contributed by atoms with van der Waals surface area (Å²) in [5.74, 6) is 0. The molecule has 2 aromatic carbocycles. The highest BCUT2D eigenvalue weighted by Gasteiger charge is 2.13. The summed E-state index contributed by atoms with van der Waals surface area (Å²) in [4.78, 5) is 0. The molecule has 0 heterocycles. The minimum atomic E-state index is 1.14. The number of benzene rings is 2. The third-order valence-corrected chi connectivity index (χ3v) is 5.76. The lowest BCUT2D eigenvalue weighted by atomic mass is 9.98. The van der Waals surface area contributed by atoms with Crippen molar-refractivity contribution in [3.63, 3.8) is 0 Å². The van der Waals surface area contributed by atoms with Crippen LogP contribution >= 0.6 is 0 Å². The van der Waals surface area contributed by atoms with Crippen molar-refractivity contribution in [2.24, 2.45) is 0 Å². The van der Waals surface area contributed by atoms with E-state index >= 15 is 0 Å². The zero-order valence-electron chi connectivity index (χ0n) is 15.1. The van der Waals surface area contributed by atoms with Crippen molar-refractivity contribution in [3.8, 4) is 0 Å². The smallest absolute Gasteiger partial charge is 0.00854 e. The van der Waals surface area contributed by atoms with Crippen LogP contribution in [0.15, 0.2) is 60.7 Å². The Labute approximate surface area is 152 Å². The van der Waals surface area contributed by atoms with Gasteiger partial charge < -0.3 is 0 Å². The molecule has 0 N–H and O–H groups in total. The van der Waals surface area contributed by atoms with E-state index in [1.54, 1.807) is 11.1 Å². The zero-order chi connectivity index (χ0) is 16.9. The third-order valence-electron chi connectivity index (χ3n) is 5.76. The maximum atomic E-state index is 2.44. The summed E-state index contributed by atoms with van der Waals surface area (Å²) < 4.78 is 0. The second-order valence-corrected chi connectivity index (χ2v) is 7.45. The molecule has 0 aromatic heterocycles. The number of unbranched alkanes of at least 4 members (excludes halogenated alkanes) is 4. The van der Waals surface area contributed by atoms with Gasteiger partial charge in [-0.25, -0.2) is 0 Å². The summed E-state index contributed by atoms with van der Waals surface area (Å²) >= 11 is 0. The standard InChI is InChI=1S/C25H28/c1(2-4-10-20-16-18-22-12-6-8-14-24(20)22)3-5-11-21-17-19-23-13-7-9-15-25(21)23/h6-9,12-17H,1-5,10-11,18-19H2. The Balaban J connectivity index is 1.13. The topological polar surface area (TPSA) is 0 Å².